The van der Waals surface area contributed by atoms with Gasteiger partial charge in [-0.05, 0) is 25.3 Å². The summed E-state index contributed by atoms with van der Waals surface area (Å²) in [5.74, 6) is 0.705. The fourth-order valence-corrected chi connectivity index (χ4v) is 1.67. The van der Waals surface area contributed by atoms with E-state index in [0.717, 1.165) is 12.8 Å². The maximum Gasteiger partial charge on any atom is 0.213 e. The van der Waals surface area contributed by atoms with Gasteiger partial charge in [0.15, 0.2) is 5.82 Å². The zero-order chi connectivity index (χ0) is 11.9. The van der Waals surface area contributed by atoms with Gasteiger partial charge in [0, 0.05) is 6.04 Å². The number of hydrogen-bond acceptors (Lipinski definition) is 4. The van der Waals surface area contributed by atoms with Crippen molar-refractivity contribution >= 4 is 0 Å². The van der Waals surface area contributed by atoms with Crippen molar-refractivity contribution < 1.29 is 4.52 Å². The molecular formula is C13H17N3O. The van der Waals surface area contributed by atoms with Crippen LogP contribution in [0.5, 0.6) is 0 Å². The summed E-state index contributed by atoms with van der Waals surface area (Å²) in [6, 6.07) is 11.0. The van der Waals surface area contributed by atoms with Crippen molar-refractivity contribution in [3.63, 3.8) is 0 Å². The first kappa shape index (κ1) is 11.8. The first-order chi connectivity index (χ1) is 8.34. The Morgan fingerprint density at radius 3 is 2.82 bits per heavy atom. The highest BCUT2D eigenvalue weighted by Gasteiger charge is 2.04. The van der Waals surface area contributed by atoms with Gasteiger partial charge in [-0.25, -0.2) is 0 Å². The minimum atomic E-state index is 0.439. The number of rotatable bonds is 6. The van der Waals surface area contributed by atoms with Gasteiger partial charge in [-0.3, -0.25) is 0 Å². The molecule has 1 unspecified atom stereocenters. The fraction of sp³-hybridized carbons (Fsp3) is 0.385. The molecule has 0 aliphatic heterocycles. The van der Waals surface area contributed by atoms with Crippen LogP contribution in [0.2, 0.25) is 0 Å². The standard InChI is InChI=1S/C13H17N3O/c1-11(14-9-13-15-10-17-16-13)7-8-12-5-3-2-4-6-12/h2-6,10-11,14H,7-9H2,1H3. The molecule has 0 aliphatic rings. The van der Waals surface area contributed by atoms with Crippen LogP contribution in [-0.4, -0.2) is 16.2 Å². The molecule has 0 saturated heterocycles. The molecule has 0 amide bonds. The minimum Gasteiger partial charge on any atom is -0.343 e. The molecule has 4 heteroatoms. The van der Waals surface area contributed by atoms with Gasteiger partial charge < -0.3 is 9.84 Å². The molecule has 1 N–H and O–H groups in total. The predicted octanol–water partition coefficient (Wildman–Crippen LogP) is 2.18. The van der Waals surface area contributed by atoms with E-state index in [0.29, 0.717) is 18.4 Å². The van der Waals surface area contributed by atoms with Crippen molar-refractivity contribution in [1.82, 2.24) is 15.5 Å². The summed E-state index contributed by atoms with van der Waals surface area (Å²) >= 11 is 0. The van der Waals surface area contributed by atoms with Gasteiger partial charge in [-0.1, -0.05) is 35.5 Å². The summed E-state index contributed by atoms with van der Waals surface area (Å²) in [5, 5.41) is 7.13. The van der Waals surface area contributed by atoms with Crippen molar-refractivity contribution in [2.45, 2.75) is 32.4 Å². The van der Waals surface area contributed by atoms with E-state index in [1.807, 2.05) is 6.07 Å². The van der Waals surface area contributed by atoms with E-state index in [4.69, 9.17) is 0 Å². The molecule has 1 heterocycles. The van der Waals surface area contributed by atoms with E-state index in [2.05, 4.69) is 51.2 Å². The molecule has 4 nitrogen and oxygen atoms in total. The zero-order valence-corrected chi connectivity index (χ0v) is 9.97. The molecule has 1 aromatic heterocycles. The van der Waals surface area contributed by atoms with Crippen LogP contribution < -0.4 is 5.32 Å². The van der Waals surface area contributed by atoms with Gasteiger partial charge in [0.2, 0.25) is 6.39 Å². The Morgan fingerprint density at radius 2 is 2.12 bits per heavy atom. The Balaban J connectivity index is 1.69. The maximum atomic E-state index is 4.67. The molecule has 0 radical (unpaired) electrons. The van der Waals surface area contributed by atoms with E-state index in [9.17, 15) is 0 Å². The van der Waals surface area contributed by atoms with Gasteiger partial charge in [0.25, 0.3) is 0 Å². The number of benzene rings is 1. The molecule has 17 heavy (non-hydrogen) atoms. The second-order valence-corrected chi connectivity index (χ2v) is 4.15. The van der Waals surface area contributed by atoms with Crippen molar-refractivity contribution in [2.75, 3.05) is 0 Å². The van der Waals surface area contributed by atoms with Gasteiger partial charge in [-0.2, -0.15) is 4.98 Å². The third kappa shape index (κ3) is 4.00. The first-order valence-electron chi connectivity index (χ1n) is 5.87. The monoisotopic (exact) mass is 231 g/mol. The topological polar surface area (TPSA) is 51.0 Å². The highest BCUT2D eigenvalue weighted by atomic mass is 16.5. The fourth-order valence-electron chi connectivity index (χ4n) is 1.67. The Hall–Kier alpha value is -1.68. The van der Waals surface area contributed by atoms with Crippen molar-refractivity contribution in [3.8, 4) is 0 Å². The number of aryl methyl sites for hydroxylation is 1. The number of hydrogen-bond donors (Lipinski definition) is 1. The number of nitrogens with zero attached hydrogens (tertiary/aromatic N) is 2. The molecule has 2 rings (SSSR count). The molecule has 2 aromatic rings. The lowest BCUT2D eigenvalue weighted by Gasteiger charge is -2.12. The van der Waals surface area contributed by atoms with Gasteiger partial charge >= 0.3 is 0 Å². The van der Waals surface area contributed by atoms with Crippen LogP contribution in [0.4, 0.5) is 0 Å². The van der Waals surface area contributed by atoms with E-state index < -0.39 is 0 Å². The SMILES string of the molecule is CC(CCc1ccccc1)NCc1ncon1. The smallest absolute Gasteiger partial charge is 0.213 e. The van der Waals surface area contributed by atoms with Crippen molar-refractivity contribution in [3.05, 3.63) is 48.1 Å². The van der Waals surface area contributed by atoms with E-state index in [1.54, 1.807) is 0 Å². The molecule has 90 valence electrons. The van der Waals surface area contributed by atoms with Gasteiger partial charge in [0.05, 0.1) is 6.54 Å². The second-order valence-electron chi connectivity index (χ2n) is 4.15. The lowest BCUT2D eigenvalue weighted by atomic mass is 10.1. The molecule has 0 spiro atoms. The van der Waals surface area contributed by atoms with Crippen LogP contribution in [0.25, 0.3) is 0 Å². The normalized spacial score (nSPS) is 12.5. The Labute approximate surface area is 101 Å². The van der Waals surface area contributed by atoms with Crippen LogP contribution in [0.1, 0.15) is 24.7 Å². The molecule has 0 saturated carbocycles. The highest BCUT2D eigenvalue weighted by molar-refractivity contribution is 5.14. The average molecular weight is 231 g/mol. The van der Waals surface area contributed by atoms with E-state index in [1.165, 1.54) is 12.0 Å². The lowest BCUT2D eigenvalue weighted by molar-refractivity contribution is 0.403. The Bertz CT molecular complexity index is 413. The van der Waals surface area contributed by atoms with Gasteiger partial charge in [0.1, 0.15) is 0 Å². The average Bonchev–Trinajstić information content (AvgIpc) is 2.88. The van der Waals surface area contributed by atoms with Crippen LogP contribution >= 0.6 is 0 Å². The summed E-state index contributed by atoms with van der Waals surface area (Å²) in [5.41, 5.74) is 1.38. The summed E-state index contributed by atoms with van der Waals surface area (Å²) in [6.45, 7) is 2.83. The minimum absolute atomic E-state index is 0.439. The quantitative estimate of drug-likeness (QED) is 0.828. The Morgan fingerprint density at radius 1 is 1.29 bits per heavy atom. The summed E-state index contributed by atoms with van der Waals surface area (Å²) < 4.78 is 4.67. The Kier molecular flexibility index (Phi) is 4.27. The summed E-state index contributed by atoms with van der Waals surface area (Å²) in [7, 11) is 0. The third-order valence-electron chi connectivity index (χ3n) is 2.72. The maximum absolute atomic E-state index is 4.67. The molecule has 0 aliphatic carbocycles. The number of nitrogens with one attached hydrogen (secondary N) is 1. The highest BCUT2D eigenvalue weighted by Crippen LogP contribution is 2.05. The van der Waals surface area contributed by atoms with Gasteiger partial charge in [-0.15, -0.1) is 0 Å². The number of aromatic nitrogens is 2. The summed E-state index contributed by atoms with van der Waals surface area (Å²) in [4.78, 5) is 3.97. The van der Waals surface area contributed by atoms with E-state index in [-0.39, 0.29) is 0 Å². The van der Waals surface area contributed by atoms with Crippen LogP contribution in [0, 0.1) is 0 Å². The first-order valence-corrected chi connectivity index (χ1v) is 5.87. The van der Waals surface area contributed by atoms with Crippen molar-refractivity contribution in [1.29, 1.82) is 0 Å². The molecule has 1 aromatic carbocycles. The third-order valence-corrected chi connectivity index (χ3v) is 2.72. The predicted molar refractivity (Wildman–Crippen MR) is 65.4 cm³/mol. The molecule has 1 atom stereocenters. The largest absolute Gasteiger partial charge is 0.343 e. The van der Waals surface area contributed by atoms with E-state index >= 15 is 0 Å². The molecular weight excluding hydrogens is 214 g/mol. The summed E-state index contributed by atoms with van der Waals surface area (Å²) in [6.07, 6.45) is 3.54. The molecule has 0 fully saturated rings. The zero-order valence-electron chi connectivity index (χ0n) is 9.97. The lowest BCUT2D eigenvalue weighted by Crippen LogP contribution is -2.26. The van der Waals surface area contributed by atoms with Crippen LogP contribution in [0.15, 0.2) is 41.2 Å². The molecule has 0 bridgehead atoms. The van der Waals surface area contributed by atoms with Crippen molar-refractivity contribution in [2.24, 2.45) is 0 Å². The second kappa shape index (κ2) is 6.15. The van der Waals surface area contributed by atoms with Crippen LogP contribution in [-0.2, 0) is 13.0 Å². The van der Waals surface area contributed by atoms with Crippen LogP contribution in [0.3, 0.4) is 0 Å².